The van der Waals surface area contributed by atoms with E-state index in [0.717, 1.165) is 35.4 Å². The maximum Gasteiger partial charge on any atom is 0.243 e. The Morgan fingerprint density at radius 3 is 2.78 bits per heavy atom. The van der Waals surface area contributed by atoms with Crippen LogP contribution in [0.5, 0.6) is 5.75 Å². The van der Waals surface area contributed by atoms with E-state index in [2.05, 4.69) is 10.5 Å². The molecule has 4 heteroatoms. The van der Waals surface area contributed by atoms with Crippen LogP contribution in [0.1, 0.15) is 30.9 Å². The van der Waals surface area contributed by atoms with Crippen molar-refractivity contribution in [3.63, 3.8) is 0 Å². The lowest BCUT2D eigenvalue weighted by Crippen LogP contribution is -2.20. The third-order valence-electron chi connectivity index (χ3n) is 3.03. The number of methoxy groups -OCH3 is 1. The molecule has 4 nitrogen and oxygen atoms in total. The summed E-state index contributed by atoms with van der Waals surface area (Å²) in [5.41, 5.74) is 5.41. The van der Waals surface area contributed by atoms with E-state index in [4.69, 9.17) is 4.74 Å². The Kier molecular flexibility index (Phi) is 3.65. The van der Waals surface area contributed by atoms with E-state index in [1.54, 1.807) is 7.11 Å². The van der Waals surface area contributed by atoms with Gasteiger partial charge in [-0.2, -0.15) is 5.10 Å². The fraction of sp³-hybridized carbons (Fsp3) is 0.429. The van der Waals surface area contributed by atoms with Gasteiger partial charge in [-0.25, -0.2) is 5.43 Å². The highest BCUT2D eigenvalue weighted by molar-refractivity contribution is 6.01. The van der Waals surface area contributed by atoms with Crippen molar-refractivity contribution in [1.82, 2.24) is 5.43 Å². The second kappa shape index (κ2) is 5.21. The molecule has 0 bridgehead atoms. The van der Waals surface area contributed by atoms with Crippen LogP contribution in [-0.4, -0.2) is 18.7 Å². The number of carbonyl (C=O) groups is 1. The van der Waals surface area contributed by atoms with Gasteiger partial charge in [0, 0.05) is 11.5 Å². The first-order valence-corrected chi connectivity index (χ1v) is 6.11. The smallest absolute Gasteiger partial charge is 0.243 e. The zero-order valence-electron chi connectivity index (χ0n) is 11.0. The lowest BCUT2D eigenvalue weighted by Gasteiger charge is -2.09. The van der Waals surface area contributed by atoms with Gasteiger partial charge in [-0.3, -0.25) is 4.79 Å². The van der Waals surface area contributed by atoms with E-state index in [9.17, 15) is 4.79 Å². The number of ether oxygens (including phenoxy) is 1. The van der Waals surface area contributed by atoms with Crippen molar-refractivity contribution in [1.29, 1.82) is 0 Å². The van der Waals surface area contributed by atoms with E-state index in [1.165, 1.54) is 0 Å². The summed E-state index contributed by atoms with van der Waals surface area (Å²) in [5, 5.41) is 4.14. The molecular formula is C14H18N2O2. The lowest BCUT2D eigenvalue weighted by molar-refractivity contribution is -0.122. The number of carbonyl (C=O) groups excluding carboxylic acids is 1. The number of nitrogens with zero attached hydrogens (tertiary/aromatic N) is 1. The molecule has 2 rings (SSSR count). The van der Waals surface area contributed by atoms with Crippen molar-refractivity contribution in [3.05, 3.63) is 29.3 Å². The Hall–Kier alpha value is -1.84. The summed E-state index contributed by atoms with van der Waals surface area (Å²) in [4.78, 5) is 11.5. The molecule has 0 aliphatic heterocycles. The Balaban J connectivity index is 2.15. The predicted molar refractivity (Wildman–Crippen MR) is 70.8 cm³/mol. The summed E-state index contributed by atoms with van der Waals surface area (Å²) in [5.74, 6) is 0.949. The summed E-state index contributed by atoms with van der Waals surface area (Å²) >= 11 is 0. The Bertz CT molecular complexity index is 491. The molecular weight excluding hydrogens is 228 g/mol. The van der Waals surface area contributed by atoms with Crippen LogP contribution in [-0.2, 0) is 4.79 Å². The highest BCUT2D eigenvalue weighted by Crippen LogP contribution is 2.28. The number of nitrogens with one attached hydrogen (secondary N) is 1. The van der Waals surface area contributed by atoms with Gasteiger partial charge < -0.3 is 4.74 Å². The zero-order valence-corrected chi connectivity index (χ0v) is 11.0. The summed E-state index contributed by atoms with van der Waals surface area (Å²) in [6, 6.07) is 5.89. The van der Waals surface area contributed by atoms with Crippen molar-refractivity contribution in [2.45, 2.75) is 26.7 Å². The number of hydrogen-bond acceptors (Lipinski definition) is 3. The molecule has 1 saturated carbocycles. The summed E-state index contributed by atoms with van der Waals surface area (Å²) in [6.45, 7) is 3.88. The first kappa shape index (κ1) is 12.6. The minimum absolute atomic E-state index is 0.0148. The molecule has 1 aromatic carbocycles. The van der Waals surface area contributed by atoms with E-state index in [0.29, 0.717) is 0 Å². The van der Waals surface area contributed by atoms with Gasteiger partial charge in [0.1, 0.15) is 5.75 Å². The van der Waals surface area contributed by atoms with Crippen molar-refractivity contribution in [3.8, 4) is 5.75 Å². The number of hydrazone groups is 1. The van der Waals surface area contributed by atoms with E-state index in [1.807, 2.05) is 32.0 Å². The quantitative estimate of drug-likeness (QED) is 0.654. The second-order valence-electron chi connectivity index (χ2n) is 4.65. The van der Waals surface area contributed by atoms with Crippen molar-refractivity contribution >= 4 is 11.6 Å². The first-order chi connectivity index (χ1) is 8.61. The monoisotopic (exact) mass is 246 g/mol. The van der Waals surface area contributed by atoms with Crippen molar-refractivity contribution < 1.29 is 9.53 Å². The maximum atomic E-state index is 11.5. The SMILES string of the molecule is COc1ccc(C)cc1/C(C)=N\NC(=O)C1CC1. The molecule has 1 aromatic rings. The minimum atomic E-state index is 0.0148. The molecule has 0 unspecified atom stereocenters. The van der Waals surface area contributed by atoms with Gasteiger partial charge in [0.15, 0.2) is 0 Å². The average molecular weight is 246 g/mol. The summed E-state index contributed by atoms with van der Waals surface area (Å²) in [7, 11) is 1.63. The number of amides is 1. The standard InChI is InChI=1S/C14H18N2O2/c1-9-4-7-13(18-3)12(8-9)10(2)15-16-14(17)11-5-6-11/h4,7-8,11H,5-6H2,1-3H3,(H,16,17)/b15-10-. The summed E-state index contributed by atoms with van der Waals surface area (Å²) in [6.07, 6.45) is 1.96. The lowest BCUT2D eigenvalue weighted by atomic mass is 10.1. The molecule has 1 aliphatic carbocycles. The summed E-state index contributed by atoms with van der Waals surface area (Å²) < 4.78 is 5.29. The van der Waals surface area contributed by atoms with Gasteiger partial charge in [0.2, 0.25) is 5.91 Å². The van der Waals surface area contributed by atoms with Gasteiger partial charge in [-0.05, 0) is 38.8 Å². The molecule has 0 radical (unpaired) electrons. The molecule has 1 amide bonds. The van der Waals surface area contributed by atoms with Gasteiger partial charge in [-0.15, -0.1) is 0 Å². The predicted octanol–water partition coefficient (Wildman–Crippen LogP) is 2.25. The fourth-order valence-corrected chi connectivity index (χ4v) is 1.74. The second-order valence-corrected chi connectivity index (χ2v) is 4.65. The molecule has 0 aromatic heterocycles. The van der Waals surface area contributed by atoms with Crippen LogP contribution in [0.3, 0.4) is 0 Å². The van der Waals surface area contributed by atoms with Crippen LogP contribution in [0.2, 0.25) is 0 Å². The first-order valence-electron chi connectivity index (χ1n) is 6.11. The molecule has 1 aliphatic rings. The number of rotatable bonds is 4. The Morgan fingerprint density at radius 2 is 2.17 bits per heavy atom. The molecule has 0 saturated heterocycles. The van der Waals surface area contributed by atoms with Crippen LogP contribution < -0.4 is 10.2 Å². The molecule has 0 atom stereocenters. The maximum absolute atomic E-state index is 11.5. The van der Waals surface area contributed by atoms with Crippen molar-refractivity contribution in [2.24, 2.45) is 11.0 Å². The minimum Gasteiger partial charge on any atom is -0.496 e. The number of benzene rings is 1. The van der Waals surface area contributed by atoms with Crippen LogP contribution >= 0.6 is 0 Å². The van der Waals surface area contributed by atoms with E-state index in [-0.39, 0.29) is 11.8 Å². The molecule has 1 fully saturated rings. The Labute approximate surface area is 107 Å². The highest BCUT2D eigenvalue weighted by atomic mass is 16.5. The largest absolute Gasteiger partial charge is 0.496 e. The third kappa shape index (κ3) is 2.88. The molecule has 18 heavy (non-hydrogen) atoms. The van der Waals surface area contributed by atoms with E-state index < -0.39 is 0 Å². The number of aryl methyl sites for hydroxylation is 1. The molecule has 1 N–H and O–H groups in total. The average Bonchev–Trinajstić information content (AvgIpc) is 3.19. The normalized spacial score (nSPS) is 15.4. The van der Waals surface area contributed by atoms with Crippen LogP contribution in [0.4, 0.5) is 0 Å². The topological polar surface area (TPSA) is 50.7 Å². The number of hydrogen-bond donors (Lipinski definition) is 1. The zero-order chi connectivity index (χ0) is 13.1. The van der Waals surface area contributed by atoms with Gasteiger partial charge in [0.25, 0.3) is 0 Å². The van der Waals surface area contributed by atoms with Crippen LogP contribution in [0, 0.1) is 12.8 Å². The Morgan fingerprint density at radius 1 is 1.44 bits per heavy atom. The molecule has 0 spiro atoms. The molecule has 0 heterocycles. The highest BCUT2D eigenvalue weighted by Gasteiger charge is 2.29. The van der Waals surface area contributed by atoms with Gasteiger partial charge in [-0.1, -0.05) is 11.6 Å². The third-order valence-corrected chi connectivity index (χ3v) is 3.03. The van der Waals surface area contributed by atoms with Crippen LogP contribution in [0.15, 0.2) is 23.3 Å². The molecule has 96 valence electrons. The van der Waals surface area contributed by atoms with Gasteiger partial charge in [0.05, 0.1) is 12.8 Å². The fourth-order valence-electron chi connectivity index (χ4n) is 1.74. The van der Waals surface area contributed by atoms with Crippen molar-refractivity contribution in [2.75, 3.05) is 7.11 Å². The van der Waals surface area contributed by atoms with E-state index >= 15 is 0 Å². The van der Waals surface area contributed by atoms with Gasteiger partial charge >= 0.3 is 0 Å². The van der Waals surface area contributed by atoms with Crippen LogP contribution in [0.25, 0.3) is 0 Å².